The average molecular weight is 322 g/mol. The van der Waals surface area contributed by atoms with Crippen LogP contribution in [0.2, 0.25) is 0 Å². The highest BCUT2D eigenvalue weighted by atomic mass is 19.1. The van der Waals surface area contributed by atoms with Crippen LogP contribution in [-0.2, 0) is 4.79 Å². The number of anilines is 1. The van der Waals surface area contributed by atoms with Gasteiger partial charge in [-0.2, -0.15) is 0 Å². The van der Waals surface area contributed by atoms with E-state index < -0.39 is 5.82 Å². The number of nitrogens with zero attached hydrogens (tertiary/aromatic N) is 1. The van der Waals surface area contributed by atoms with Crippen molar-refractivity contribution in [3.05, 3.63) is 29.6 Å². The van der Waals surface area contributed by atoms with Crippen molar-refractivity contribution in [3.8, 4) is 0 Å². The number of rotatable bonds is 5. The van der Waals surface area contributed by atoms with E-state index in [1.54, 1.807) is 4.90 Å². The first-order chi connectivity index (χ1) is 10.9. The summed E-state index contributed by atoms with van der Waals surface area (Å²) in [6, 6.07) is 3.85. The molecule has 1 aromatic rings. The lowest BCUT2D eigenvalue weighted by Crippen LogP contribution is -2.37. The van der Waals surface area contributed by atoms with Crippen LogP contribution in [0.3, 0.4) is 0 Å². The van der Waals surface area contributed by atoms with Gasteiger partial charge in [-0.1, -0.05) is 13.8 Å². The second-order valence-electron chi connectivity index (χ2n) is 6.32. The summed E-state index contributed by atoms with van der Waals surface area (Å²) in [6.45, 7) is 4.30. The first-order valence-corrected chi connectivity index (χ1v) is 7.93. The predicted octanol–water partition coefficient (Wildman–Crippen LogP) is 2.41. The lowest BCUT2D eigenvalue weighted by atomic mass is 10.1. The smallest absolute Gasteiger partial charge is 0.254 e. The minimum atomic E-state index is -0.632. The number of amides is 2. The molecule has 1 atom stereocenters. The van der Waals surface area contributed by atoms with Gasteiger partial charge >= 0.3 is 0 Å². The molecule has 1 saturated heterocycles. The number of likely N-dealkylation sites (tertiary alicyclic amines) is 1. The summed E-state index contributed by atoms with van der Waals surface area (Å²) in [6.07, 6.45) is 1.91. The first kappa shape index (κ1) is 17.4. The Balaban J connectivity index is 2.09. The molecule has 1 fully saturated rings. The van der Waals surface area contributed by atoms with Gasteiger partial charge in [0.15, 0.2) is 0 Å². The third kappa shape index (κ3) is 4.28. The average Bonchev–Trinajstić information content (AvgIpc) is 2.96. The number of hydrogen-bond donors (Lipinski definition) is 2. The summed E-state index contributed by atoms with van der Waals surface area (Å²) in [5.41, 5.74) is 0.303. The number of carbonyl (C=O) groups is 2. The lowest BCUT2D eigenvalue weighted by molar-refractivity contribution is -0.116. The number of halogens is 1. The lowest BCUT2D eigenvalue weighted by Gasteiger charge is -2.23. The highest BCUT2D eigenvalue weighted by Crippen LogP contribution is 2.22. The number of benzene rings is 1. The second-order valence-corrected chi connectivity index (χ2v) is 6.32. The number of aliphatic hydroxyl groups is 1. The zero-order chi connectivity index (χ0) is 17.0. The van der Waals surface area contributed by atoms with Gasteiger partial charge in [-0.25, -0.2) is 4.39 Å². The van der Waals surface area contributed by atoms with Crippen molar-refractivity contribution in [1.29, 1.82) is 0 Å². The van der Waals surface area contributed by atoms with E-state index in [-0.39, 0.29) is 41.6 Å². The Labute approximate surface area is 135 Å². The van der Waals surface area contributed by atoms with Crippen molar-refractivity contribution >= 4 is 17.5 Å². The van der Waals surface area contributed by atoms with E-state index >= 15 is 0 Å². The zero-order valence-corrected chi connectivity index (χ0v) is 13.5. The zero-order valence-electron chi connectivity index (χ0n) is 13.5. The quantitative estimate of drug-likeness (QED) is 0.874. The Morgan fingerprint density at radius 2 is 2.17 bits per heavy atom. The van der Waals surface area contributed by atoms with Crippen LogP contribution in [0.25, 0.3) is 0 Å². The van der Waals surface area contributed by atoms with E-state index in [1.165, 1.54) is 12.1 Å². The maximum absolute atomic E-state index is 14.1. The molecule has 5 nitrogen and oxygen atoms in total. The summed E-state index contributed by atoms with van der Waals surface area (Å²) in [5, 5.41) is 11.8. The normalized spacial score (nSPS) is 17.6. The molecule has 1 aliphatic heterocycles. The highest BCUT2D eigenvalue weighted by molar-refractivity contribution is 5.96. The molecular weight excluding hydrogens is 299 g/mol. The standard InChI is InChI=1S/C17H23FN2O3/c1-11(2)8-16(22)19-15-6-5-12(9-14(15)18)17(23)20-7-3-4-13(20)10-21/h5-6,9,11,13,21H,3-4,7-8,10H2,1-2H3,(H,19,22)/t13-/m1/s1. The van der Waals surface area contributed by atoms with Gasteiger partial charge in [0.1, 0.15) is 5.82 Å². The molecule has 1 aliphatic rings. The largest absolute Gasteiger partial charge is 0.394 e. The minimum absolute atomic E-state index is 0.0762. The third-order valence-corrected chi connectivity index (χ3v) is 3.93. The van der Waals surface area contributed by atoms with Crippen LogP contribution >= 0.6 is 0 Å². The molecule has 0 aromatic heterocycles. The van der Waals surface area contributed by atoms with E-state index in [4.69, 9.17) is 0 Å². The molecule has 0 unspecified atom stereocenters. The molecular formula is C17H23FN2O3. The van der Waals surface area contributed by atoms with Crippen LogP contribution in [0.4, 0.5) is 10.1 Å². The molecule has 1 heterocycles. The fraction of sp³-hybridized carbons (Fsp3) is 0.529. The molecule has 126 valence electrons. The highest BCUT2D eigenvalue weighted by Gasteiger charge is 2.29. The summed E-state index contributed by atoms with van der Waals surface area (Å²) < 4.78 is 14.1. The van der Waals surface area contributed by atoms with Crippen molar-refractivity contribution in [2.24, 2.45) is 5.92 Å². The van der Waals surface area contributed by atoms with Gasteiger partial charge in [-0.05, 0) is 37.0 Å². The number of aliphatic hydroxyl groups excluding tert-OH is 1. The fourth-order valence-electron chi connectivity index (χ4n) is 2.78. The molecule has 2 amide bonds. The molecule has 2 N–H and O–H groups in total. The summed E-state index contributed by atoms with van der Waals surface area (Å²) >= 11 is 0. The molecule has 6 heteroatoms. The summed E-state index contributed by atoms with van der Waals surface area (Å²) in [7, 11) is 0. The molecule has 23 heavy (non-hydrogen) atoms. The Hall–Kier alpha value is -1.95. The molecule has 1 aromatic carbocycles. The monoisotopic (exact) mass is 322 g/mol. The minimum Gasteiger partial charge on any atom is -0.394 e. The van der Waals surface area contributed by atoms with Gasteiger partial charge < -0.3 is 15.3 Å². The SMILES string of the molecule is CC(C)CC(=O)Nc1ccc(C(=O)N2CCC[C@@H]2CO)cc1F. The molecule has 0 bridgehead atoms. The van der Waals surface area contributed by atoms with Crippen molar-refractivity contribution in [2.45, 2.75) is 39.2 Å². The number of carbonyl (C=O) groups excluding carboxylic acids is 2. The van der Waals surface area contributed by atoms with Gasteiger partial charge in [0, 0.05) is 18.5 Å². The van der Waals surface area contributed by atoms with Crippen LogP contribution in [0.15, 0.2) is 18.2 Å². The molecule has 0 aliphatic carbocycles. The van der Waals surface area contributed by atoms with Gasteiger partial charge in [0.2, 0.25) is 5.91 Å². The van der Waals surface area contributed by atoms with E-state index in [0.717, 1.165) is 18.9 Å². The van der Waals surface area contributed by atoms with Crippen molar-refractivity contribution in [2.75, 3.05) is 18.5 Å². The fourth-order valence-corrected chi connectivity index (χ4v) is 2.78. The Morgan fingerprint density at radius 1 is 1.43 bits per heavy atom. The van der Waals surface area contributed by atoms with E-state index in [0.29, 0.717) is 13.0 Å². The van der Waals surface area contributed by atoms with E-state index in [2.05, 4.69) is 5.32 Å². The van der Waals surface area contributed by atoms with Gasteiger partial charge in [-0.3, -0.25) is 9.59 Å². The Morgan fingerprint density at radius 3 is 2.78 bits per heavy atom. The third-order valence-electron chi connectivity index (χ3n) is 3.93. The number of hydrogen-bond acceptors (Lipinski definition) is 3. The maximum atomic E-state index is 14.1. The van der Waals surface area contributed by atoms with E-state index in [9.17, 15) is 19.1 Å². The predicted molar refractivity (Wildman–Crippen MR) is 85.6 cm³/mol. The summed E-state index contributed by atoms with van der Waals surface area (Å²) in [5.74, 6) is -0.990. The van der Waals surface area contributed by atoms with Crippen molar-refractivity contribution < 1.29 is 19.1 Å². The van der Waals surface area contributed by atoms with Crippen molar-refractivity contribution in [3.63, 3.8) is 0 Å². The molecule has 0 spiro atoms. The van der Waals surface area contributed by atoms with Crippen LogP contribution < -0.4 is 5.32 Å². The van der Waals surface area contributed by atoms with Crippen LogP contribution in [-0.4, -0.2) is 41.0 Å². The molecule has 2 rings (SSSR count). The number of nitrogens with one attached hydrogen (secondary N) is 1. The summed E-state index contributed by atoms with van der Waals surface area (Å²) in [4.78, 5) is 25.7. The molecule has 0 saturated carbocycles. The van der Waals surface area contributed by atoms with Crippen LogP contribution in [0.5, 0.6) is 0 Å². The van der Waals surface area contributed by atoms with Crippen LogP contribution in [0, 0.1) is 11.7 Å². The Bertz CT molecular complexity index is 589. The second kappa shape index (κ2) is 7.55. The van der Waals surface area contributed by atoms with Gasteiger partial charge in [0.05, 0.1) is 18.3 Å². The molecule has 0 radical (unpaired) electrons. The topological polar surface area (TPSA) is 69.6 Å². The maximum Gasteiger partial charge on any atom is 0.254 e. The van der Waals surface area contributed by atoms with Gasteiger partial charge in [-0.15, -0.1) is 0 Å². The van der Waals surface area contributed by atoms with Gasteiger partial charge in [0.25, 0.3) is 5.91 Å². The first-order valence-electron chi connectivity index (χ1n) is 7.93. The van der Waals surface area contributed by atoms with E-state index in [1.807, 2.05) is 13.8 Å². The van der Waals surface area contributed by atoms with Crippen LogP contribution in [0.1, 0.15) is 43.5 Å². The Kier molecular flexibility index (Phi) is 5.71. The van der Waals surface area contributed by atoms with Crippen molar-refractivity contribution in [1.82, 2.24) is 4.90 Å².